The van der Waals surface area contributed by atoms with Crippen LogP contribution in [-0.4, -0.2) is 0 Å². The first-order chi connectivity index (χ1) is 13.3. The molecule has 0 spiro atoms. The number of allylic oxidation sites excluding steroid dienone is 4. The van der Waals surface area contributed by atoms with Crippen molar-refractivity contribution in [2.24, 2.45) is 0 Å². The molecule has 0 amide bonds. The third-order valence-corrected chi connectivity index (χ3v) is 5.99. The van der Waals surface area contributed by atoms with Crippen molar-refractivity contribution in [1.82, 2.24) is 0 Å². The Balaban J connectivity index is 1.92. The largest absolute Gasteiger partial charge is 0.0836 e. The molecule has 1 unspecified atom stereocenters. The summed E-state index contributed by atoms with van der Waals surface area (Å²) in [7, 11) is 0. The number of fused-ring (bicyclic) bond motifs is 2. The van der Waals surface area contributed by atoms with Crippen molar-refractivity contribution < 1.29 is 0 Å². The Kier molecular flexibility index (Phi) is 4.18. The Labute approximate surface area is 168 Å². The molecule has 0 nitrogen and oxygen atoms in total. The van der Waals surface area contributed by atoms with E-state index in [1.807, 2.05) is 0 Å². The van der Waals surface area contributed by atoms with E-state index in [1.165, 1.54) is 38.2 Å². The molecule has 27 heavy (non-hydrogen) atoms. The fraction of sp³-hybridized carbons (Fsp3) is 0.0769. The van der Waals surface area contributed by atoms with Gasteiger partial charge >= 0.3 is 0 Å². The molecule has 0 radical (unpaired) electrons. The fourth-order valence-corrected chi connectivity index (χ4v) is 4.55. The van der Waals surface area contributed by atoms with E-state index in [2.05, 4.69) is 113 Å². The van der Waals surface area contributed by atoms with Crippen molar-refractivity contribution >= 4 is 37.5 Å². The van der Waals surface area contributed by atoms with Gasteiger partial charge in [-0.1, -0.05) is 101 Å². The summed E-state index contributed by atoms with van der Waals surface area (Å²) in [5.74, 6) is 0.420. The van der Waals surface area contributed by atoms with E-state index in [1.54, 1.807) is 0 Å². The molecule has 0 saturated carbocycles. The Morgan fingerprint density at radius 3 is 1.81 bits per heavy atom. The van der Waals surface area contributed by atoms with Crippen LogP contribution < -0.4 is 0 Å². The van der Waals surface area contributed by atoms with Gasteiger partial charge in [-0.05, 0) is 56.8 Å². The molecule has 0 aromatic heterocycles. The SMILES string of the molecule is Brc1ccc(-c2c3ccccc3c(C3C=CC=CC3)c3ccccc23)cc1. The molecule has 0 fully saturated rings. The number of hydrogen-bond donors (Lipinski definition) is 0. The van der Waals surface area contributed by atoms with Crippen molar-refractivity contribution in [2.75, 3.05) is 0 Å². The smallest absolute Gasteiger partial charge is 0.0175 e. The van der Waals surface area contributed by atoms with E-state index in [-0.39, 0.29) is 0 Å². The molecule has 4 aromatic rings. The van der Waals surface area contributed by atoms with Crippen LogP contribution in [0.4, 0.5) is 0 Å². The van der Waals surface area contributed by atoms with Gasteiger partial charge in [-0.2, -0.15) is 0 Å². The van der Waals surface area contributed by atoms with E-state index in [0.717, 1.165) is 10.9 Å². The number of hydrogen-bond acceptors (Lipinski definition) is 0. The van der Waals surface area contributed by atoms with Gasteiger partial charge in [0, 0.05) is 10.4 Å². The molecule has 0 bridgehead atoms. The highest BCUT2D eigenvalue weighted by Crippen LogP contribution is 2.43. The summed E-state index contributed by atoms with van der Waals surface area (Å²) >= 11 is 3.57. The second-order valence-electron chi connectivity index (χ2n) is 7.04. The summed E-state index contributed by atoms with van der Waals surface area (Å²) in [4.78, 5) is 0. The normalized spacial score (nSPS) is 16.3. The minimum Gasteiger partial charge on any atom is -0.0836 e. The summed E-state index contributed by atoms with van der Waals surface area (Å²) in [5, 5.41) is 5.38. The van der Waals surface area contributed by atoms with Gasteiger partial charge in [0.25, 0.3) is 0 Å². The lowest BCUT2D eigenvalue weighted by Gasteiger charge is -2.22. The molecule has 5 rings (SSSR count). The van der Waals surface area contributed by atoms with Crippen LogP contribution in [0, 0.1) is 0 Å². The van der Waals surface area contributed by atoms with E-state index in [0.29, 0.717) is 5.92 Å². The number of rotatable bonds is 2. The lowest BCUT2D eigenvalue weighted by molar-refractivity contribution is 0.870. The van der Waals surface area contributed by atoms with E-state index < -0.39 is 0 Å². The van der Waals surface area contributed by atoms with Gasteiger partial charge < -0.3 is 0 Å². The van der Waals surface area contributed by atoms with Crippen molar-refractivity contribution in [3.8, 4) is 11.1 Å². The van der Waals surface area contributed by atoms with E-state index >= 15 is 0 Å². The minimum atomic E-state index is 0.420. The molecule has 1 atom stereocenters. The van der Waals surface area contributed by atoms with Gasteiger partial charge in [-0.25, -0.2) is 0 Å². The molecular weight excluding hydrogens is 392 g/mol. The number of benzene rings is 4. The zero-order valence-corrected chi connectivity index (χ0v) is 16.5. The van der Waals surface area contributed by atoms with Gasteiger partial charge in [0.1, 0.15) is 0 Å². The molecule has 4 aromatic carbocycles. The Bertz CT molecular complexity index is 1140. The topological polar surface area (TPSA) is 0 Å². The van der Waals surface area contributed by atoms with Crippen LogP contribution >= 0.6 is 15.9 Å². The van der Waals surface area contributed by atoms with Crippen molar-refractivity contribution in [3.63, 3.8) is 0 Å². The third kappa shape index (κ3) is 2.83. The third-order valence-electron chi connectivity index (χ3n) is 5.46. The van der Waals surface area contributed by atoms with Crippen LogP contribution in [0.15, 0.2) is 102 Å². The highest BCUT2D eigenvalue weighted by atomic mass is 79.9. The predicted octanol–water partition coefficient (Wildman–Crippen LogP) is 8.02. The second-order valence-corrected chi connectivity index (χ2v) is 7.96. The minimum absolute atomic E-state index is 0.420. The highest BCUT2D eigenvalue weighted by Gasteiger charge is 2.19. The molecule has 130 valence electrons. The van der Waals surface area contributed by atoms with Crippen molar-refractivity contribution in [1.29, 1.82) is 0 Å². The fourth-order valence-electron chi connectivity index (χ4n) is 4.28. The van der Waals surface area contributed by atoms with Crippen molar-refractivity contribution in [3.05, 3.63) is 107 Å². The molecule has 0 heterocycles. The monoisotopic (exact) mass is 410 g/mol. The summed E-state index contributed by atoms with van der Waals surface area (Å²) in [6.45, 7) is 0. The molecular formula is C26H19Br. The van der Waals surface area contributed by atoms with Crippen LogP contribution in [-0.2, 0) is 0 Å². The number of halogens is 1. The van der Waals surface area contributed by atoms with Crippen LogP contribution in [0.1, 0.15) is 17.9 Å². The average Bonchev–Trinajstić information content (AvgIpc) is 2.73. The van der Waals surface area contributed by atoms with E-state index in [9.17, 15) is 0 Å². The average molecular weight is 411 g/mol. The van der Waals surface area contributed by atoms with Crippen LogP contribution in [0.3, 0.4) is 0 Å². The maximum atomic E-state index is 3.57. The summed E-state index contributed by atoms with van der Waals surface area (Å²) in [6, 6.07) is 26.4. The van der Waals surface area contributed by atoms with Gasteiger partial charge in [-0.3, -0.25) is 0 Å². The molecule has 0 saturated heterocycles. The highest BCUT2D eigenvalue weighted by molar-refractivity contribution is 9.10. The Morgan fingerprint density at radius 1 is 0.667 bits per heavy atom. The molecule has 1 aliphatic carbocycles. The van der Waals surface area contributed by atoms with Gasteiger partial charge in [0.05, 0.1) is 0 Å². The zero-order valence-electron chi connectivity index (χ0n) is 14.9. The Morgan fingerprint density at radius 2 is 1.26 bits per heavy atom. The first kappa shape index (κ1) is 16.5. The molecule has 0 N–H and O–H groups in total. The predicted molar refractivity (Wildman–Crippen MR) is 120 cm³/mol. The summed E-state index contributed by atoms with van der Waals surface area (Å²) in [5.41, 5.74) is 4.03. The lowest BCUT2D eigenvalue weighted by Crippen LogP contribution is -2.00. The van der Waals surface area contributed by atoms with Crippen LogP contribution in [0.5, 0.6) is 0 Å². The van der Waals surface area contributed by atoms with Crippen LogP contribution in [0.2, 0.25) is 0 Å². The summed E-state index contributed by atoms with van der Waals surface area (Å²) in [6.07, 6.45) is 10.0. The standard InChI is InChI=1S/C26H19Br/c27-20-16-14-19(15-17-20)26-23-12-6-4-10-21(23)25(18-8-2-1-3-9-18)22-11-5-7-13-24(22)26/h1-8,10-18H,9H2. The second kappa shape index (κ2) is 6.83. The molecule has 1 aliphatic rings. The first-order valence-electron chi connectivity index (χ1n) is 9.35. The summed E-state index contributed by atoms with van der Waals surface area (Å²) < 4.78 is 1.11. The van der Waals surface area contributed by atoms with Gasteiger partial charge in [-0.15, -0.1) is 0 Å². The molecule has 1 heteroatoms. The van der Waals surface area contributed by atoms with Crippen molar-refractivity contribution in [2.45, 2.75) is 12.3 Å². The maximum absolute atomic E-state index is 3.57. The van der Waals surface area contributed by atoms with Gasteiger partial charge in [0.15, 0.2) is 0 Å². The first-order valence-corrected chi connectivity index (χ1v) is 10.1. The lowest BCUT2D eigenvalue weighted by atomic mass is 9.82. The van der Waals surface area contributed by atoms with E-state index in [4.69, 9.17) is 0 Å². The zero-order chi connectivity index (χ0) is 18.2. The Hall–Kier alpha value is -2.64. The quantitative estimate of drug-likeness (QED) is 0.293. The van der Waals surface area contributed by atoms with Gasteiger partial charge in [0.2, 0.25) is 0 Å². The molecule has 0 aliphatic heterocycles. The van der Waals surface area contributed by atoms with Crippen LogP contribution in [0.25, 0.3) is 32.7 Å². The maximum Gasteiger partial charge on any atom is 0.0175 e.